The molecule has 0 unspecified atom stereocenters. The lowest BCUT2D eigenvalue weighted by atomic mass is 9.47. The molecule has 0 aliphatic heterocycles. The van der Waals surface area contributed by atoms with Gasteiger partial charge in [-0.1, -0.05) is 45.9 Å². The van der Waals surface area contributed by atoms with Gasteiger partial charge in [0.2, 0.25) is 0 Å². The number of aliphatic hydroxyl groups is 1. The van der Waals surface area contributed by atoms with Gasteiger partial charge in [0, 0.05) is 35.5 Å². The number of allylic oxidation sites excluding steroid dienone is 6. The summed E-state index contributed by atoms with van der Waals surface area (Å²) in [5.41, 5.74) is -2.29. The van der Waals surface area contributed by atoms with E-state index in [0.29, 0.717) is 6.42 Å². The number of hydrogen-bond donors (Lipinski definition) is 2. The normalized spacial score (nSPS) is 42.1. The van der Waals surface area contributed by atoms with Crippen LogP contribution < -0.4 is 0 Å². The lowest BCUT2D eigenvalue weighted by molar-refractivity contribution is -0.200. The fourth-order valence-electron chi connectivity index (χ4n) is 7.63. The van der Waals surface area contributed by atoms with Crippen molar-refractivity contribution in [2.45, 2.75) is 65.1 Å². The van der Waals surface area contributed by atoms with Crippen LogP contribution in [0.1, 0.15) is 53.4 Å². The second-order valence-corrected chi connectivity index (χ2v) is 12.6. The average Bonchev–Trinajstić information content (AvgIpc) is 2.98. The summed E-state index contributed by atoms with van der Waals surface area (Å²) in [4.78, 5) is 38.3. The van der Waals surface area contributed by atoms with Gasteiger partial charge in [-0.25, -0.2) is 0 Å². The summed E-state index contributed by atoms with van der Waals surface area (Å²) in [5, 5.41) is 11.6. The van der Waals surface area contributed by atoms with Crippen LogP contribution in [0.3, 0.4) is 0 Å². The number of ether oxygens (including phenoxy) is 1. The number of aliphatic hydroxyl groups excluding tert-OH is 1. The Kier molecular flexibility index (Phi) is 6.30. The van der Waals surface area contributed by atoms with Gasteiger partial charge in [0.15, 0.2) is 17.2 Å². The first kappa shape index (κ1) is 26.0. The highest BCUT2D eigenvalue weighted by Gasteiger charge is 2.72. The molecule has 8 nitrogen and oxygen atoms in total. The molecule has 0 aromatic rings. The molecule has 4 aliphatic rings. The summed E-state index contributed by atoms with van der Waals surface area (Å²) in [6, 6.07) is 0. The molecule has 35 heavy (non-hydrogen) atoms. The van der Waals surface area contributed by atoms with Crippen LogP contribution >= 0.6 is 0 Å². The Morgan fingerprint density at radius 1 is 1.23 bits per heavy atom. The number of esters is 1. The second-order valence-electron chi connectivity index (χ2n) is 11.0. The average molecular weight is 507 g/mol. The molecule has 192 valence electrons. The van der Waals surface area contributed by atoms with Gasteiger partial charge in [0.1, 0.15) is 0 Å². The van der Waals surface area contributed by atoms with Crippen LogP contribution in [-0.2, 0) is 29.2 Å². The zero-order chi connectivity index (χ0) is 26.0. The molecule has 0 spiro atoms. The molecular weight excluding hydrogens is 472 g/mol. The lowest BCUT2D eigenvalue weighted by Gasteiger charge is -2.58. The van der Waals surface area contributed by atoms with Crippen LogP contribution in [0, 0.1) is 34.5 Å². The van der Waals surface area contributed by atoms with E-state index in [2.05, 4.69) is 0 Å². The minimum Gasteiger partial charge on any atom is -0.450 e. The molecule has 2 fully saturated rings. The number of carbonyl (C=O) groups excluding carboxylic acids is 3. The van der Waals surface area contributed by atoms with Crippen molar-refractivity contribution in [3.05, 3.63) is 36.0 Å². The minimum absolute atomic E-state index is 0.0420. The second kappa shape index (κ2) is 8.49. The first-order valence-electron chi connectivity index (χ1n) is 12.2. The highest BCUT2D eigenvalue weighted by molar-refractivity contribution is 7.85. The maximum Gasteiger partial charge on any atom is 0.306 e. The van der Waals surface area contributed by atoms with E-state index in [4.69, 9.17) is 4.74 Å². The molecule has 0 bridgehead atoms. The van der Waals surface area contributed by atoms with Crippen LogP contribution in [-0.4, -0.2) is 53.1 Å². The van der Waals surface area contributed by atoms with Gasteiger partial charge in [-0.05, 0) is 42.4 Å². The SMILES string of the molecule is CCC(=O)O[C@@]1(C(=O)CCS(=O)(=O)O)[C@H](C)C[C@H]2[C@@H]3C=CC4=CC(=O)C=C[C@]4(C)[C@H]3[C@@H](O)C[C@@]21C. The number of rotatable bonds is 6. The largest absolute Gasteiger partial charge is 0.450 e. The standard InChI is InChI=1S/C26H34O8S/c1-5-22(30)34-26(21(29)9-11-35(31,32)33)15(2)12-19-18-7-6-16-13-17(27)8-10-24(16,3)23(18)20(28)14-25(19,26)4/h6-8,10,13,15,18-20,23,28H,5,9,11-12,14H2,1-4H3,(H,31,32,33)/t15-,18+,19+,20+,23-,24+,25+,26-/m1/s1. The van der Waals surface area contributed by atoms with Crippen LogP contribution in [0.2, 0.25) is 0 Å². The zero-order valence-electron chi connectivity index (χ0n) is 20.6. The molecule has 4 aliphatic carbocycles. The summed E-state index contributed by atoms with van der Waals surface area (Å²) < 4.78 is 38.1. The van der Waals surface area contributed by atoms with Gasteiger partial charge >= 0.3 is 5.97 Å². The van der Waals surface area contributed by atoms with Crippen LogP contribution in [0.25, 0.3) is 0 Å². The molecule has 0 radical (unpaired) electrons. The lowest BCUT2D eigenvalue weighted by Crippen LogP contribution is -2.63. The number of hydrogen-bond acceptors (Lipinski definition) is 7. The van der Waals surface area contributed by atoms with E-state index in [0.717, 1.165) is 5.57 Å². The maximum absolute atomic E-state index is 13.7. The smallest absolute Gasteiger partial charge is 0.306 e. The highest BCUT2D eigenvalue weighted by Crippen LogP contribution is 2.68. The molecule has 0 saturated heterocycles. The molecule has 0 amide bonds. The molecule has 2 saturated carbocycles. The van der Waals surface area contributed by atoms with E-state index in [1.165, 1.54) is 6.08 Å². The Bertz CT molecular complexity index is 1150. The third kappa shape index (κ3) is 3.86. The summed E-state index contributed by atoms with van der Waals surface area (Å²) in [6.45, 7) is 7.32. The number of Topliss-reactive ketones (excluding diaryl/α,β-unsaturated/α-hetero) is 1. The quantitative estimate of drug-likeness (QED) is 0.415. The maximum atomic E-state index is 13.7. The molecule has 8 atom stereocenters. The summed E-state index contributed by atoms with van der Waals surface area (Å²) in [5.74, 6) is -2.91. The van der Waals surface area contributed by atoms with Crippen molar-refractivity contribution in [3.8, 4) is 0 Å². The van der Waals surface area contributed by atoms with Crippen LogP contribution in [0.15, 0.2) is 36.0 Å². The monoisotopic (exact) mass is 506 g/mol. The highest BCUT2D eigenvalue weighted by atomic mass is 32.2. The number of ketones is 2. The van der Waals surface area contributed by atoms with E-state index >= 15 is 0 Å². The molecule has 0 aromatic heterocycles. The van der Waals surface area contributed by atoms with Crippen molar-refractivity contribution in [2.75, 3.05) is 5.75 Å². The zero-order valence-corrected chi connectivity index (χ0v) is 21.4. The molecule has 0 heterocycles. The van der Waals surface area contributed by atoms with Crippen LogP contribution in [0.4, 0.5) is 0 Å². The van der Waals surface area contributed by atoms with E-state index in [1.807, 2.05) is 39.0 Å². The Balaban J connectivity index is 1.81. The van der Waals surface area contributed by atoms with Crippen molar-refractivity contribution in [1.82, 2.24) is 0 Å². The molecule has 4 rings (SSSR count). The Morgan fingerprint density at radius 3 is 2.54 bits per heavy atom. The number of carbonyl (C=O) groups is 3. The molecular formula is C26H34O8S. The Morgan fingerprint density at radius 2 is 1.91 bits per heavy atom. The van der Waals surface area contributed by atoms with E-state index in [1.54, 1.807) is 13.0 Å². The van der Waals surface area contributed by atoms with Gasteiger partial charge in [0.05, 0.1) is 11.9 Å². The number of fused-ring (bicyclic) bond motifs is 5. The van der Waals surface area contributed by atoms with Gasteiger partial charge in [-0.15, -0.1) is 0 Å². The fraction of sp³-hybridized carbons (Fsp3) is 0.654. The summed E-state index contributed by atoms with van der Waals surface area (Å²) in [7, 11) is -4.40. The van der Waals surface area contributed by atoms with E-state index in [-0.39, 0.29) is 36.4 Å². The molecule has 0 aromatic carbocycles. The van der Waals surface area contributed by atoms with Gasteiger partial charge in [-0.2, -0.15) is 8.42 Å². The Labute approximate surface area is 206 Å². The first-order chi connectivity index (χ1) is 16.2. The van der Waals surface area contributed by atoms with Crippen molar-refractivity contribution >= 4 is 27.7 Å². The van der Waals surface area contributed by atoms with Crippen molar-refractivity contribution in [2.24, 2.45) is 34.5 Å². The fourth-order valence-corrected chi connectivity index (χ4v) is 8.08. The van der Waals surface area contributed by atoms with Crippen molar-refractivity contribution < 1.29 is 37.2 Å². The third-order valence-corrected chi connectivity index (χ3v) is 9.88. The first-order valence-corrected chi connectivity index (χ1v) is 13.8. The van der Waals surface area contributed by atoms with Crippen molar-refractivity contribution in [3.63, 3.8) is 0 Å². The topological polar surface area (TPSA) is 135 Å². The minimum atomic E-state index is -4.40. The van der Waals surface area contributed by atoms with Gasteiger partial charge in [-0.3, -0.25) is 18.9 Å². The van der Waals surface area contributed by atoms with Gasteiger partial charge < -0.3 is 9.84 Å². The summed E-state index contributed by atoms with van der Waals surface area (Å²) in [6.07, 6.45) is 8.32. The van der Waals surface area contributed by atoms with Crippen molar-refractivity contribution in [1.29, 1.82) is 0 Å². The molecule has 9 heteroatoms. The van der Waals surface area contributed by atoms with E-state index < -0.39 is 62.5 Å². The summed E-state index contributed by atoms with van der Waals surface area (Å²) >= 11 is 0. The Hall–Kier alpha value is -2.10. The van der Waals surface area contributed by atoms with Gasteiger partial charge in [0.25, 0.3) is 10.1 Å². The predicted molar refractivity (Wildman–Crippen MR) is 128 cm³/mol. The van der Waals surface area contributed by atoms with Crippen LogP contribution in [0.5, 0.6) is 0 Å². The third-order valence-electron chi connectivity index (χ3n) is 9.16. The predicted octanol–water partition coefficient (Wildman–Crippen LogP) is 2.83. The molecule has 2 N–H and O–H groups in total. The van der Waals surface area contributed by atoms with E-state index in [9.17, 15) is 32.5 Å².